The number of para-hydroxylation sites is 3. The maximum absolute atomic E-state index is 7.00. The summed E-state index contributed by atoms with van der Waals surface area (Å²) in [5.41, 5.74) is 9.08. The highest BCUT2D eigenvalue weighted by atomic mass is 16.5. The van der Waals surface area contributed by atoms with Gasteiger partial charge >= 0.3 is 0 Å². The Morgan fingerprint density at radius 2 is 0.958 bits per heavy atom. The lowest BCUT2D eigenvalue weighted by atomic mass is 9.35. The second-order valence-corrected chi connectivity index (χ2v) is 12.8. The maximum atomic E-state index is 7.00. The van der Waals surface area contributed by atoms with Gasteiger partial charge in [0.2, 0.25) is 0 Å². The SMILES string of the molecule is c1ccc2c(c1)Oc1cc(-n3c4ccccc4c4ccccc43)cc3c1B2c1ccc(-c2c4ccccc4cc4ccccc24)cc1O3. The van der Waals surface area contributed by atoms with Crippen molar-refractivity contribution in [2.24, 2.45) is 0 Å². The first-order valence-corrected chi connectivity index (χ1v) is 16.5. The number of benzene rings is 8. The average Bonchev–Trinajstić information content (AvgIpc) is 3.48. The Morgan fingerprint density at radius 1 is 0.417 bits per heavy atom. The first-order valence-electron chi connectivity index (χ1n) is 16.5. The van der Waals surface area contributed by atoms with E-state index in [1.165, 1.54) is 37.9 Å². The average molecular weight is 612 g/mol. The Morgan fingerprint density at radius 3 is 1.65 bits per heavy atom. The molecule has 0 amide bonds. The summed E-state index contributed by atoms with van der Waals surface area (Å²) >= 11 is 0. The Bertz CT molecular complexity index is 2710. The zero-order valence-electron chi connectivity index (χ0n) is 25.9. The number of nitrogens with zero attached hydrogens (tertiary/aromatic N) is 1. The lowest BCUT2D eigenvalue weighted by Crippen LogP contribution is -2.57. The fourth-order valence-electron chi connectivity index (χ4n) is 8.24. The lowest BCUT2D eigenvalue weighted by molar-refractivity contribution is 0.464. The van der Waals surface area contributed by atoms with Crippen LogP contribution in [0.25, 0.3) is 60.2 Å². The van der Waals surface area contributed by atoms with Crippen molar-refractivity contribution in [1.82, 2.24) is 4.57 Å². The molecule has 0 bridgehead atoms. The third-order valence-corrected chi connectivity index (χ3v) is 10.3. The first-order chi connectivity index (χ1) is 23.8. The highest BCUT2D eigenvalue weighted by molar-refractivity contribution is 6.98. The standard InChI is InChI=1S/C44H26BNO2/c1-3-13-31-27(11-1)23-28-12-2-4-14-32(28)43(31)29-21-22-36-40(24-29)48-42-26-30(25-41-44(42)45(36)35-17-7-10-20-39(35)47-41)46-37-18-8-5-15-33(37)34-16-6-9-19-38(34)46/h1-26H. The molecule has 8 aromatic carbocycles. The van der Waals surface area contributed by atoms with Crippen molar-refractivity contribution in [3.05, 3.63) is 158 Å². The Hall–Kier alpha value is -6.26. The van der Waals surface area contributed by atoms with Crippen LogP contribution in [0.3, 0.4) is 0 Å². The van der Waals surface area contributed by atoms with Crippen LogP contribution >= 0.6 is 0 Å². The summed E-state index contributed by atoms with van der Waals surface area (Å²) < 4.78 is 16.0. The third-order valence-electron chi connectivity index (χ3n) is 10.3. The van der Waals surface area contributed by atoms with E-state index in [9.17, 15) is 0 Å². The van der Waals surface area contributed by atoms with Crippen LogP contribution in [0.2, 0.25) is 0 Å². The van der Waals surface area contributed by atoms with Crippen molar-refractivity contribution in [3.8, 4) is 39.8 Å². The number of aromatic nitrogens is 1. The van der Waals surface area contributed by atoms with E-state index in [0.717, 1.165) is 61.7 Å². The molecule has 0 unspecified atom stereocenters. The molecule has 48 heavy (non-hydrogen) atoms. The van der Waals surface area contributed by atoms with Crippen molar-refractivity contribution < 1.29 is 9.47 Å². The van der Waals surface area contributed by atoms with Crippen LogP contribution < -0.4 is 25.9 Å². The van der Waals surface area contributed by atoms with E-state index < -0.39 is 0 Å². The molecule has 3 heterocycles. The van der Waals surface area contributed by atoms with Gasteiger partial charge in [0.05, 0.1) is 16.7 Å². The third kappa shape index (κ3) is 3.54. The first kappa shape index (κ1) is 25.9. The minimum atomic E-state index is -0.00536. The van der Waals surface area contributed by atoms with E-state index in [2.05, 4.69) is 162 Å². The second kappa shape index (κ2) is 9.63. The second-order valence-electron chi connectivity index (χ2n) is 12.8. The molecule has 3 nitrogen and oxygen atoms in total. The van der Waals surface area contributed by atoms with Gasteiger partial charge in [-0.1, -0.05) is 115 Å². The molecule has 0 N–H and O–H groups in total. The van der Waals surface area contributed by atoms with E-state index in [0.29, 0.717) is 0 Å². The van der Waals surface area contributed by atoms with E-state index in [4.69, 9.17) is 9.47 Å². The smallest absolute Gasteiger partial charge is 0.260 e. The zero-order valence-corrected chi connectivity index (χ0v) is 25.9. The number of ether oxygens (including phenoxy) is 2. The van der Waals surface area contributed by atoms with Gasteiger partial charge in [0.25, 0.3) is 6.71 Å². The topological polar surface area (TPSA) is 23.4 Å². The normalized spacial score (nSPS) is 12.9. The molecule has 2 aliphatic rings. The number of hydrogen-bond donors (Lipinski definition) is 0. The van der Waals surface area contributed by atoms with Gasteiger partial charge < -0.3 is 14.0 Å². The van der Waals surface area contributed by atoms with Gasteiger partial charge in [0.1, 0.15) is 23.0 Å². The van der Waals surface area contributed by atoms with Crippen LogP contribution in [-0.2, 0) is 0 Å². The van der Waals surface area contributed by atoms with Crippen molar-refractivity contribution in [2.45, 2.75) is 0 Å². The monoisotopic (exact) mass is 611 g/mol. The van der Waals surface area contributed by atoms with Crippen LogP contribution in [0.1, 0.15) is 0 Å². The quantitative estimate of drug-likeness (QED) is 0.144. The number of hydrogen-bond acceptors (Lipinski definition) is 2. The van der Waals surface area contributed by atoms with Crippen LogP contribution in [0, 0.1) is 0 Å². The fraction of sp³-hybridized carbons (Fsp3) is 0. The Balaban J connectivity index is 1.17. The highest BCUT2D eigenvalue weighted by Gasteiger charge is 2.40. The van der Waals surface area contributed by atoms with Crippen molar-refractivity contribution in [2.75, 3.05) is 0 Å². The van der Waals surface area contributed by atoms with Gasteiger partial charge in [-0.3, -0.25) is 0 Å². The predicted molar refractivity (Wildman–Crippen MR) is 199 cm³/mol. The van der Waals surface area contributed by atoms with Gasteiger partial charge in [0, 0.05) is 28.4 Å². The molecule has 0 atom stereocenters. The largest absolute Gasteiger partial charge is 0.458 e. The summed E-state index contributed by atoms with van der Waals surface area (Å²) in [4.78, 5) is 0. The molecule has 9 aromatic rings. The molecular formula is C44H26BNO2. The van der Waals surface area contributed by atoms with Crippen LogP contribution in [0.4, 0.5) is 0 Å². The van der Waals surface area contributed by atoms with Crippen LogP contribution in [0.15, 0.2) is 158 Å². The summed E-state index contributed by atoms with van der Waals surface area (Å²) in [6, 6.07) is 56.4. The maximum Gasteiger partial charge on any atom is 0.260 e. The van der Waals surface area contributed by atoms with E-state index >= 15 is 0 Å². The molecule has 0 aliphatic carbocycles. The molecule has 0 saturated carbocycles. The Kier molecular flexibility index (Phi) is 5.19. The Labute approximate surface area is 277 Å². The summed E-state index contributed by atoms with van der Waals surface area (Å²) in [6.45, 7) is -0.00536. The van der Waals surface area contributed by atoms with E-state index in [-0.39, 0.29) is 6.71 Å². The zero-order chi connectivity index (χ0) is 31.3. The molecule has 0 radical (unpaired) electrons. The number of rotatable bonds is 2. The number of fused-ring (bicyclic) bond motifs is 9. The van der Waals surface area contributed by atoms with Gasteiger partial charge in [-0.15, -0.1) is 0 Å². The van der Waals surface area contributed by atoms with Gasteiger partial charge in [-0.05, 0) is 73.9 Å². The van der Waals surface area contributed by atoms with Crippen LogP contribution in [0.5, 0.6) is 23.0 Å². The van der Waals surface area contributed by atoms with Gasteiger partial charge in [-0.25, -0.2) is 0 Å². The van der Waals surface area contributed by atoms with Crippen molar-refractivity contribution in [1.29, 1.82) is 0 Å². The summed E-state index contributed by atoms with van der Waals surface area (Å²) in [5.74, 6) is 3.43. The summed E-state index contributed by atoms with van der Waals surface area (Å²) in [5, 5.41) is 7.38. The lowest BCUT2D eigenvalue weighted by Gasteiger charge is -2.33. The highest BCUT2D eigenvalue weighted by Crippen LogP contribution is 2.42. The minimum absolute atomic E-state index is 0.00536. The van der Waals surface area contributed by atoms with Gasteiger partial charge in [0.15, 0.2) is 0 Å². The summed E-state index contributed by atoms with van der Waals surface area (Å²) in [7, 11) is 0. The molecule has 0 fully saturated rings. The molecule has 2 aliphatic heterocycles. The molecule has 11 rings (SSSR count). The molecular weight excluding hydrogens is 585 g/mol. The van der Waals surface area contributed by atoms with E-state index in [1.54, 1.807) is 0 Å². The van der Waals surface area contributed by atoms with Crippen LogP contribution in [-0.4, -0.2) is 11.3 Å². The molecule has 222 valence electrons. The molecule has 0 saturated heterocycles. The van der Waals surface area contributed by atoms with Gasteiger partial charge in [-0.2, -0.15) is 0 Å². The fourth-order valence-corrected chi connectivity index (χ4v) is 8.24. The van der Waals surface area contributed by atoms with E-state index in [1.807, 2.05) is 0 Å². The molecule has 1 aromatic heterocycles. The predicted octanol–water partition coefficient (Wildman–Crippen LogP) is 9.48. The van der Waals surface area contributed by atoms with Crippen molar-refractivity contribution >= 4 is 66.5 Å². The van der Waals surface area contributed by atoms with Crippen molar-refractivity contribution in [3.63, 3.8) is 0 Å². The molecule has 4 heteroatoms. The minimum Gasteiger partial charge on any atom is -0.458 e. The summed E-state index contributed by atoms with van der Waals surface area (Å²) in [6.07, 6.45) is 0. The molecule has 0 spiro atoms.